The van der Waals surface area contributed by atoms with E-state index in [1.54, 1.807) is 18.0 Å². The van der Waals surface area contributed by atoms with Gasteiger partial charge in [-0.3, -0.25) is 4.79 Å². The van der Waals surface area contributed by atoms with Crippen LogP contribution in [0.25, 0.3) is 0 Å². The number of thioether (sulfide) groups is 1. The van der Waals surface area contributed by atoms with Gasteiger partial charge in [-0.05, 0) is 20.1 Å². The first-order valence-electron chi connectivity index (χ1n) is 6.66. The van der Waals surface area contributed by atoms with Gasteiger partial charge in [0.2, 0.25) is 11.8 Å². The summed E-state index contributed by atoms with van der Waals surface area (Å²) in [5, 5.41) is 6.62. The lowest BCUT2D eigenvalue weighted by atomic mass is 10.2. The summed E-state index contributed by atoms with van der Waals surface area (Å²) in [6.07, 6.45) is 5.95. The molecule has 1 N–H and O–H groups in total. The van der Waals surface area contributed by atoms with Gasteiger partial charge >= 0.3 is 0 Å². The molecule has 2 aromatic heterocycles. The molecule has 0 saturated heterocycles. The summed E-state index contributed by atoms with van der Waals surface area (Å²) in [5.41, 5.74) is 0. The van der Waals surface area contributed by atoms with Crippen LogP contribution in [0.4, 0.5) is 0 Å². The second-order valence-electron chi connectivity index (χ2n) is 4.75. The van der Waals surface area contributed by atoms with Gasteiger partial charge in [-0.15, -0.1) is 0 Å². The first kappa shape index (κ1) is 15.6. The van der Waals surface area contributed by atoms with Crippen molar-refractivity contribution in [2.75, 3.05) is 6.26 Å². The second-order valence-corrected chi connectivity index (χ2v) is 5.61. The predicted octanol–water partition coefficient (Wildman–Crippen LogP) is 1.71. The fourth-order valence-corrected chi connectivity index (χ4v) is 2.39. The van der Waals surface area contributed by atoms with E-state index in [0.717, 1.165) is 5.82 Å². The van der Waals surface area contributed by atoms with Crippen LogP contribution >= 0.6 is 11.8 Å². The number of nitrogens with zero attached hydrogens (tertiary/aromatic N) is 4. The van der Waals surface area contributed by atoms with E-state index in [0.29, 0.717) is 23.9 Å². The number of aryl methyl sites for hydroxylation is 1. The molecule has 1 amide bonds. The van der Waals surface area contributed by atoms with E-state index in [4.69, 9.17) is 4.52 Å². The van der Waals surface area contributed by atoms with E-state index >= 15 is 0 Å². The Labute approximate surface area is 127 Å². The number of carbonyl (C=O) groups is 1. The van der Waals surface area contributed by atoms with Crippen LogP contribution in [0.1, 0.15) is 36.9 Å². The highest BCUT2D eigenvalue weighted by Crippen LogP contribution is 2.12. The summed E-state index contributed by atoms with van der Waals surface area (Å²) >= 11 is 1.62. The van der Waals surface area contributed by atoms with E-state index in [1.165, 1.54) is 0 Å². The topological polar surface area (TPSA) is 85.8 Å². The Bertz CT molecular complexity index is 595. The molecule has 0 aliphatic carbocycles. The molecular weight excluding hydrogens is 290 g/mol. The number of hydrogen-bond donors (Lipinski definition) is 1. The van der Waals surface area contributed by atoms with Gasteiger partial charge in [0.1, 0.15) is 5.82 Å². The Morgan fingerprint density at radius 2 is 2.38 bits per heavy atom. The Kier molecular flexibility index (Phi) is 5.38. The number of nitrogens with one attached hydrogen (secondary N) is 1. The molecule has 8 heteroatoms. The Hall–Kier alpha value is -1.83. The molecule has 7 nitrogen and oxygen atoms in total. The van der Waals surface area contributed by atoms with Crippen molar-refractivity contribution in [3.8, 4) is 0 Å². The molecule has 114 valence electrons. The lowest BCUT2D eigenvalue weighted by Crippen LogP contribution is -2.25. The summed E-state index contributed by atoms with van der Waals surface area (Å²) in [6.45, 7) is 4.16. The summed E-state index contributed by atoms with van der Waals surface area (Å²) in [6, 6.07) is 0.0576. The fraction of sp³-hybridized carbons (Fsp3) is 0.538. The zero-order valence-corrected chi connectivity index (χ0v) is 13.2. The molecule has 0 radical (unpaired) electrons. The van der Waals surface area contributed by atoms with E-state index in [1.807, 2.05) is 30.9 Å². The van der Waals surface area contributed by atoms with Crippen LogP contribution in [0.2, 0.25) is 0 Å². The number of imidazole rings is 1. The smallest absolute Gasteiger partial charge is 0.246 e. The number of amides is 1. The lowest BCUT2D eigenvalue weighted by Gasteiger charge is -2.14. The van der Waals surface area contributed by atoms with Crippen molar-refractivity contribution in [2.24, 2.45) is 0 Å². The van der Waals surface area contributed by atoms with Gasteiger partial charge in [0.25, 0.3) is 0 Å². The molecule has 21 heavy (non-hydrogen) atoms. The van der Waals surface area contributed by atoms with Crippen molar-refractivity contribution >= 4 is 17.7 Å². The normalized spacial score (nSPS) is 12.3. The molecule has 0 aliphatic heterocycles. The van der Waals surface area contributed by atoms with Crippen LogP contribution in [-0.4, -0.2) is 31.9 Å². The summed E-state index contributed by atoms with van der Waals surface area (Å²) < 4.78 is 7.03. The molecule has 0 fully saturated rings. The highest BCUT2D eigenvalue weighted by molar-refractivity contribution is 7.97. The molecule has 0 aromatic carbocycles. The van der Waals surface area contributed by atoms with E-state index in [-0.39, 0.29) is 18.5 Å². The average Bonchev–Trinajstić information content (AvgIpc) is 3.06. The molecule has 0 saturated carbocycles. The van der Waals surface area contributed by atoms with Gasteiger partial charge in [0.15, 0.2) is 5.82 Å². The third-order valence-corrected chi connectivity index (χ3v) is 3.59. The lowest BCUT2D eigenvalue weighted by molar-refractivity contribution is -0.122. The van der Waals surface area contributed by atoms with Gasteiger partial charge in [-0.1, -0.05) is 5.16 Å². The Balaban J connectivity index is 1.80. The molecule has 0 spiro atoms. The molecule has 0 aliphatic rings. The third-order valence-electron chi connectivity index (χ3n) is 3.04. The first-order chi connectivity index (χ1) is 10.1. The highest BCUT2D eigenvalue weighted by atomic mass is 32.2. The van der Waals surface area contributed by atoms with Gasteiger partial charge in [-0.25, -0.2) is 4.98 Å². The Morgan fingerprint density at radius 1 is 1.57 bits per heavy atom. The van der Waals surface area contributed by atoms with Gasteiger partial charge in [0, 0.05) is 24.9 Å². The zero-order chi connectivity index (χ0) is 15.2. The summed E-state index contributed by atoms with van der Waals surface area (Å²) in [7, 11) is 0. The monoisotopic (exact) mass is 309 g/mol. The van der Waals surface area contributed by atoms with Crippen molar-refractivity contribution in [1.29, 1.82) is 0 Å². The average molecular weight is 309 g/mol. The predicted molar refractivity (Wildman–Crippen MR) is 79.7 cm³/mol. The minimum atomic E-state index is -0.0554. The first-order valence-corrected chi connectivity index (χ1v) is 8.06. The largest absolute Gasteiger partial charge is 0.347 e. The van der Waals surface area contributed by atoms with Crippen molar-refractivity contribution in [2.45, 2.75) is 38.6 Å². The van der Waals surface area contributed by atoms with Crippen molar-refractivity contribution in [1.82, 2.24) is 25.0 Å². The van der Waals surface area contributed by atoms with E-state index in [2.05, 4.69) is 20.4 Å². The zero-order valence-electron chi connectivity index (χ0n) is 12.4. The highest BCUT2D eigenvalue weighted by Gasteiger charge is 2.13. The van der Waals surface area contributed by atoms with Crippen LogP contribution in [0.5, 0.6) is 0 Å². The third kappa shape index (κ3) is 4.32. The summed E-state index contributed by atoms with van der Waals surface area (Å²) in [5.74, 6) is 2.62. The van der Waals surface area contributed by atoms with Crippen LogP contribution in [-0.2, 0) is 17.1 Å². The quantitative estimate of drug-likeness (QED) is 0.838. The van der Waals surface area contributed by atoms with Gasteiger partial charge < -0.3 is 14.4 Å². The van der Waals surface area contributed by atoms with Crippen LogP contribution in [0, 0.1) is 6.92 Å². The number of rotatable bonds is 7. The van der Waals surface area contributed by atoms with Crippen molar-refractivity contribution in [3.05, 3.63) is 29.9 Å². The fourth-order valence-electron chi connectivity index (χ4n) is 2.02. The molecule has 0 bridgehead atoms. The minimum Gasteiger partial charge on any atom is -0.347 e. The molecule has 2 heterocycles. The molecular formula is C13H19N5O2S. The number of aromatic nitrogens is 4. The molecule has 2 aromatic rings. The van der Waals surface area contributed by atoms with Crippen molar-refractivity contribution < 1.29 is 9.32 Å². The van der Waals surface area contributed by atoms with Gasteiger partial charge in [0.05, 0.1) is 12.3 Å². The van der Waals surface area contributed by atoms with E-state index < -0.39 is 0 Å². The van der Waals surface area contributed by atoms with Gasteiger partial charge in [-0.2, -0.15) is 16.7 Å². The van der Waals surface area contributed by atoms with Crippen molar-refractivity contribution in [3.63, 3.8) is 0 Å². The van der Waals surface area contributed by atoms with Crippen LogP contribution in [0.3, 0.4) is 0 Å². The Morgan fingerprint density at radius 3 is 3.05 bits per heavy atom. The number of carbonyl (C=O) groups excluding carboxylic acids is 1. The standard InChI is InChI=1S/C13H19N5O2S/c1-9(18-5-4-14-10(18)2)6-12(19)15-7-13-16-11(8-21-3)17-20-13/h4-5,9H,6-8H2,1-3H3,(H,15,19)/t9-/m1/s1. The maximum absolute atomic E-state index is 11.9. The minimum absolute atomic E-state index is 0.0554. The number of hydrogen-bond acceptors (Lipinski definition) is 6. The van der Waals surface area contributed by atoms with E-state index in [9.17, 15) is 4.79 Å². The molecule has 0 unspecified atom stereocenters. The molecule has 1 atom stereocenters. The van der Waals surface area contributed by atoms with Crippen LogP contribution < -0.4 is 5.32 Å². The van der Waals surface area contributed by atoms with Crippen LogP contribution in [0.15, 0.2) is 16.9 Å². The summed E-state index contributed by atoms with van der Waals surface area (Å²) in [4.78, 5) is 20.3. The maximum Gasteiger partial charge on any atom is 0.246 e. The molecule has 2 rings (SSSR count). The maximum atomic E-state index is 11.9. The SMILES string of the molecule is CSCc1noc(CNC(=O)C[C@@H](C)n2ccnc2C)n1. The second kappa shape index (κ2) is 7.26.